The molecular weight excluding hydrogens is 237 g/mol. The Labute approximate surface area is 93.1 Å². The summed E-state index contributed by atoms with van der Waals surface area (Å²) in [5.74, 6) is -1.23. The molecule has 0 saturated heterocycles. The van der Waals surface area contributed by atoms with Crippen molar-refractivity contribution in [1.82, 2.24) is 9.97 Å². The Morgan fingerprint density at radius 2 is 2.12 bits per heavy atom. The average molecular weight is 244 g/mol. The van der Waals surface area contributed by atoms with E-state index in [1.54, 1.807) is 0 Å². The van der Waals surface area contributed by atoms with Crippen LogP contribution in [-0.4, -0.2) is 21.0 Å². The lowest BCUT2D eigenvalue weighted by atomic mass is 10.1. The predicted octanol–water partition coefficient (Wildman–Crippen LogP) is 2.59. The Balaban J connectivity index is 2.70. The maximum atomic E-state index is 12.4. The average Bonchev–Trinajstić information content (AvgIpc) is 2.54. The minimum Gasteiger partial charge on any atom is -0.477 e. The summed E-state index contributed by atoms with van der Waals surface area (Å²) in [5, 5.41) is 8.98. The summed E-state index contributed by atoms with van der Waals surface area (Å²) < 4.78 is 37.3. The fraction of sp³-hybridized carbons (Fsp3) is 0.200. The Morgan fingerprint density at radius 1 is 1.47 bits per heavy atom. The van der Waals surface area contributed by atoms with Gasteiger partial charge >= 0.3 is 12.1 Å². The van der Waals surface area contributed by atoms with Crippen LogP contribution < -0.4 is 0 Å². The van der Waals surface area contributed by atoms with E-state index in [4.69, 9.17) is 5.11 Å². The largest absolute Gasteiger partial charge is 0.477 e. The van der Waals surface area contributed by atoms with Gasteiger partial charge in [-0.2, -0.15) is 13.2 Å². The van der Waals surface area contributed by atoms with Gasteiger partial charge in [0, 0.05) is 11.6 Å². The molecule has 2 aromatic heterocycles. The van der Waals surface area contributed by atoms with E-state index in [9.17, 15) is 18.0 Å². The van der Waals surface area contributed by atoms with Gasteiger partial charge in [-0.15, -0.1) is 0 Å². The van der Waals surface area contributed by atoms with Gasteiger partial charge in [-0.25, -0.2) is 9.78 Å². The number of aromatic amines is 1. The molecule has 90 valence electrons. The molecule has 2 rings (SSSR count). The zero-order valence-corrected chi connectivity index (χ0v) is 8.59. The van der Waals surface area contributed by atoms with E-state index in [1.807, 2.05) is 0 Å². The van der Waals surface area contributed by atoms with E-state index >= 15 is 0 Å². The van der Waals surface area contributed by atoms with E-state index in [-0.39, 0.29) is 22.3 Å². The highest BCUT2D eigenvalue weighted by Crippen LogP contribution is 2.31. The summed E-state index contributed by atoms with van der Waals surface area (Å²) in [5.41, 5.74) is -0.671. The number of alkyl halides is 3. The van der Waals surface area contributed by atoms with Crippen molar-refractivity contribution in [2.24, 2.45) is 0 Å². The van der Waals surface area contributed by atoms with E-state index in [1.165, 1.54) is 6.92 Å². The number of hydrogen-bond donors (Lipinski definition) is 2. The fourth-order valence-corrected chi connectivity index (χ4v) is 1.57. The quantitative estimate of drug-likeness (QED) is 0.810. The highest BCUT2D eigenvalue weighted by atomic mass is 19.4. The Hall–Kier alpha value is -2.05. The van der Waals surface area contributed by atoms with Crippen molar-refractivity contribution in [2.75, 3.05) is 0 Å². The molecular formula is C10H7F3N2O2. The monoisotopic (exact) mass is 244 g/mol. The molecule has 2 heterocycles. The molecule has 7 heteroatoms. The van der Waals surface area contributed by atoms with Crippen molar-refractivity contribution in [3.8, 4) is 0 Å². The molecule has 2 N–H and O–H groups in total. The van der Waals surface area contributed by atoms with Crippen LogP contribution in [0.2, 0.25) is 0 Å². The zero-order chi connectivity index (χ0) is 12.8. The zero-order valence-electron chi connectivity index (χ0n) is 8.59. The lowest BCUT2D eigenvalue weighted by Gasteiger charge is -2.05. The van der Waals surface area contributed by atoms with Gasteiger partial charge in [-0.05, 0) is 18.6 Å². The summed E-state index contributed by atoms with van der Waals surface area (Å²) >= 11 is 0. The highest BCUT2D eigenvalue weighted by molar-refractivity contribution is 5.96. The Morgan fingerprint density at radius 3 is 2.65 bits per heavy atom. The fourth-order valence-electron chi connectivity index (χ4n) is 1.57. The minimum absolute atomic E-state index is 0.132. The second-order valence-electron chi connectivity index (χ2n) is 3.55. The molecule has 0 radical (unpaired) electrons. The number of H-pyrrole nitrogens is 1. The van der Waals surface area contributed by atoms with Crippen molar-refractivity contribution < 1.29 is 23.1 Å². The first-order chi connectivity index (χ1) is 7.80. The van der Waals surface area contributed by atoms with Crippen molar-refractivity contribution >= 4 is 17.0 Å². The number of hydrogen-bond acceptors (Lipinski definition) is 2. The van der Waals surface area contributed by atoms with Crippen molar-refractivity contribution in [1.29, 1.82) is 0 Å². The van der Waals surface area contributed by atoms with Crippen LogP contribution in [0.15, 0.2) is 12.3 Å². The van der Waals surface area contributed by atoms with Crippen LogP contribution in [0, 0.1) is 6.92 Å². The molecule has 0 spiro atoms. The van der Waals surface area contributed by atoms with Crippen LogP contribution in [-0.2, 0) is 6.18 Å². The molecule has 0 amide bonds. The molecule has 17 heavy (non-hydrogen) atoms. The van der Waals surface area contributed by atoms with Gasteiger partial charge in [0.15, 0.2) is 0 Å². The van der Waals surface area contributed by atoms with Gasteiger partial charge in [-0.1, -0.05) is 0 Å². The molecule has 0 aliphatic rings. The highest BCUT2D eigenvalue weighted by Gasteiger charge is 2.31. The number of halogens is 3. The number of aryl methyl sites for hydroxylation is 1. The van der Waals surface area contributed by atoms with E-state index < -0.39 is 17.7 Å². The lowest BCUT2D eigenvalue weighted by molar-refractivity contribution is -0.137. The van der Waals surface area contributed by atoms with Crippen LogP contribution in [0.1, 0.15) is 21.6 Å². The van der Waals surface area contributed by atoms with Gasteiger partial charge in [-0.3, -0.25) is 0 Å². The smallest absolute Gasteiger partial charge is 0.417 e. The molecule has 0 aliphatic carbocycles. The maximum absolute atomic E-state index is 12.4. The van der Waals surface area contributed by atoms with E-state index in [0.29, 0.717) is 6.20 Å². The second kappa shape index (κ2) is 3.47. The number of aromatic nitrogens is 2. The Kier molecular flexibility index (Phi) is 2.34. The summed E-state index contributed by atoms with van der Waals surface area (Å²) in [6.45, 7) is 1.43. The first-order valence-corrected chi connectivity index (χ1v) is 4.59. The van der Waals surface area contributed by atoms with Crippen molar-refractivity contribution in [2.45, 2.75) is 13.1 Å². The van der Waals surface area contributed by atoms with Crippen LogP contribution in [0.3, 0.4) is 0 Å². The SMILES string of the molecule is Cc1c(C(=O)O)[nH]c2ncc(C(F)(F)F)cc12. The van der Waals surface area contributed by atoms with Crippen LogP contribution in [0.5, 0.6) is 0 Å². The normalized spacial score (nSPS) is 12.0. The van der Waals surface area contributed by atoms with Gasteiger partial charge in [0.1, 0.15) is 11.3 Å². The summed E-state index contributed by atoms with van der Waals surface area (Å²) in [6, 6.07) is 0.889. The number of aromatic carboxylic acids is 1. The van der Waals surface area contributed by atoms with Crippen LogP contribution in [0.25, 0.3) is 11.0 Å². The number of carbonyl (C=O) groups is 1. The molecule has 0 bridgehead atoms. The summed E-state index contributed by atoms with van der Waals surface area (Å²) in [4.78, 5) is 16.8. The number of carboxylic acid groups (broad SMARTS) is 1. The van der Waals surface area contributed by atoms with Crippen LogP contribution in [0.4, 0.5) is 13.2 Å². The van der Waals surface area contributed by atoms with Crippen LogP contribution >= 0.6 is 0 Å². The number of pyridine rings is 1. The molecule has 0 atom stereocenters. The molecule has 0 unspecified atom stereocenters. The number of carboxylic acids is 1. The molecule has 0 saturated carbocycles. The predicted molar refractivity (Wildman–Crippen MR) is 52.8 cm³/mol. The molecule has 0 aromatic carbocycles. The molecule has 4 nitrogen and oxygen atoms in total. The van der Waals surface area contributed by atoms with Gasteiger partial charge in [0.05, 0.1) is 5.56 Å². The van der Waals surface area contributed by atoms with Gasteiger partial charge in [0.25, 0.3) is 0 Å². The molecule has 0 aliphatic heterocycles. The van der Waals surface area contributed by atoms with Crippen molar-refractivity contribution in [3.05, 3.63) is 29.1 Å². The number of nitrogens with zero attached hydrogens (tertiary/aromatic N) is 1. The third-order valence-electron chi connectivity index (χ3n) is 2.45. The van der Waals surface area contributed by atoms with Crippen molar-refractivity contribution in [3.63, 3.8) is 0 Å². The first-order valence-electron chi connectivity index (χ1n) is 4.59. The van der Waals surface area contributed by atoms with Gasteiger partial charge < -0.3 is 10.1 Å². The number of fused-ring (bicyclic) bond motifs is 1. The Bertz CT molecular complexity index is 601. The molecule has 2 aromatic rings. The standard InChI is InChI=1S/C10H7F3N2O2/c1-4-6-2-5(10(11,12)13)3-14-8(6)15-7(4)9(16)17/h2-3H,1H3,(H,14,15)(H,16,17). The lowest BCUT2D eigenvalue weighted by Crippen LogP contribution is -2.05. The van der Waals surface area contributed by atoms with E-state index in [2.05, 4.69) is 9.97 Å². The summed E-state index contributed by atoms with van der Waals surface area (Å²) in [7, 11) is 0. The third-order valence-corrected chi connectivity index (χ3v) is 2.45. The topological polar surface area (TPSA) is 66.0 Å². The number of nitrogens with one attached hydrogen (secondary N) is 1. The maximum Gasteiger partial charge on any atom is 0.417 e. The number of rotatable bonds is 1. The minimum atomic E-state index is -4.49. The van der Waals surface area contributed by atoms with E-state index in [0.717, 1.165) is 6.07 Å². The molecule has 0 fully saturated rings. The third kappa shape index (κ3) is 1.83. The second-order valence-corrected chi connectivity index (χ2v) is 3.55. The first kappa shape index (κ1) is 11.4. The van der Waals surface area contributed by atoms with Gasteiger partial charge in [0.2, 0.25) is 0 Å². The summed E-state index contributed by atoms with van der Waals surface area (Å²) in [6.07, 6.45) is -3.82.